The van der Waals surface area contributed by atoms with E-state index in [-0.39, 0.29) is 42.8 Å². The molecule has 4 rings (SSSR count). The van der Waals surface area contributed by atoms with Gasteiger partial charge >= 0.3 is 5.97 Å². The Labute approximate surface area is 249 Å². The lowest BCUT2D eigenvalue weighted by Gasteiger charge is -2.43. The molecule has 2 N–H and O–H groups in total. The molecule has 42 heavy (non-hydrogen) atoms. The number of ether oxygens (including phenoxy) is 2. The molecule has 10 nitrogen and oxygen atoms in total. The van der Waals surface area contributed by atoms with Gasteiger partial charge in [-0.3, -0.25) is 19.2 Å². The summed E-state index contributed by atoms with van der Waals surface area (Å²) in [5.41, 5.74) is -1.17. The summed E-state index contributed by atoms with van der Waals surface area (Å²) in [5, 5.41) is 13.2. The molecule has 234 valence electrons. The van der Waals surface area contributed by atoms with Crippen LogP contribution in [0.1, 0.15) is 78.6 Å². The quantitative estimate of drug-likeness (QED) is 0.237. The first-order valence-corrected chi connectivity index (χ1v) is 15.7. The number of aliphatic hydroxyl groups excluding tert-OH is 1. The Morgan fingerprint density at radius 1 is 1.17 bits per heavy atom. The Morgan fingerprint density at radius 2 is 1.88 bits per heavy atom. The van der Waals surface area contributed by atoms with Crippen molar-refractivity contribution in [3.05, 3.63) is 25.3 Å². The number of nitrogens with zero attached hydrogens (tertiary/aromatic N) is 2. The van der Waals surface area contributed by atoms with Crippen LogP contribution < -0.4 is 5.32 Å². The van der Waals surface area contributed by atoms with Crippen LogP contribution in [0.2, 0.25) is 0 Å². The van der Waals surface area contributed by atoms with Crippen LogP contribution in [0.25, 0.3) is 0 Å². The van der Waals surface area contributed by atoms with E-state index in [4.69, 9.17) is 9.47 Å². The number of carbonyl (C=O) groups is 4. The molecular formula is C32H49N3O7. The van der Waals surface area contributed by atoms with Gasteiger partial charge in [0.05, 0.1) is 37.1 Å². The van der Waals surface area contributed by atoms with Crippen molar-refractivity contribution in [2.45, 2.75) is 114 Å². The van der Waals surface area contributed by atoms with Crippen LogP contribution in [0.4, 0.5) is 0 Å². The fraction of sp³-hybridized carbons (Fsp3) is 0.750. The van der Waals surface area contributed by atoms with Gasteiger partial charge in [0, 0.05) is 19.0 Å². The van der Waals surface area contributed by atoms with E-state index in [2.05, 4.69) is 18.5 Å². The predicted octanol–water partition coefficient (Wildman–Crippen LogP) is 2.74. The summed E-state index contributed by atoms with van der Waals surface area (Å²) < 4.78 is 12.3. The first-order valence-electron chi connectivity index (χ1n) is 15.7. The zero-order chi connectivity index (χ0) is 30.6. The van der Waals surface area contributed by atoms with E-state index >= 15 is 0 Å². The van der Waals surface area contributed by atoms with Gasteiger partial charge < -0.3 is 29.7 Å². The number of hydrogen-bond acceptors (Lipinski definition) is 7. The number of aliphatic hydroxyl groups is 1. The second-order valence-electron chi connectivity index (χ2n) is 12.7. The number of carbonyl (C=O) groups excluding carboxylic acids is 4. The molecule has 1 spiro atoms. The van der Waals surface area contributed by atoms with E-state index in [1.54, 1.807) is 24.0 Å². The molecule has 4 fully saturated rings. The predicted molar refractivity (Wildman–Crippen MR) is 157 cm³/mol. The fourth-order valence-electron chi connectivity index (χ4n) is 7.62. The van der Waals surface area contributed by atoms with Crippen LogP contribution >= 0.6 is 0 Å². The average Bonchev–Trinajstić information content (AvgIpc) is 3.61. The monoisotopic (exact) mass is 587 g/mol. The largest absolute Gasteiger partial charge is 0.460 e. The van der Waals surface area contributed by atoms with Gasteiger partial charge in [0.1, 0.15) is 17.7 Å². The van der Waals surface area contributed by atoms with Crippen molar-refractivity contribution in [1.29, 1.82) is 0 Å². The van der Waals surface area contributed by atoms with Crippen molar-refractivity contribution >= 4 is 23.7 Å². The highest BCUT2D eigenvalue weighted by Gasteiger charge is 2.76. The van der Waals surface area contributed by atoms with Crippen molar-refractivity contribution < 1.29 is 33.8 Å². The molecule has 3 saturated heterocycles. The summed E-state index contributed by atoms with van der Waals surface area (Å²) >= 11 is 0. The number of allylic oxidation sites excluding steroid dienone is 1. The minimum Gasteiger partial charge on any atom is -0.460 e. The Kier molecular flexibility index (Phi) is 10.5. The van der Waals surface area contributed by atoms with E-state index in [0.29, 0.717) is 32.2 Å². The van der Waals surface area contributed by atoms with Crippen LogP contribution in [0, 0.1) is 17.8 Å². The maximum atomic E-state index is 14.6. The maximum Gasteiger partial charge on any atom is 0.312 e. The second-order valence-corrected chi connectivity index (χ2v) is 12.7. The molecule has 2 bridgehead atoms. The molecule has 10 heteroatoms. The SMILES string of the molecule is C=CCCC(=O)NC[C@@H](C)OC(=O)[C@@H]1[C@H]2C(=O)N([C@@H](CO)C(C)C)[C@H](C(=O)N(CC=C)C3CCCCC3)[C@]23CC[C@H]1O3. The van der Waals surface area contributed by atoms with E-state index in [0.717, 1.165) is 32.1 Å². The van der Waals surface area contributed by atoms with Crippen LogP contribution in [0.5, 0.6) is 0 Å². The highest BCUT2D eigenvalue weighted by atomic mass is 16.6. The highest BCUT2D eigenvalue weighted by molar-refractivity contribution is 5.98. The lowest BCUT2D eigenvalue weighted by Crippen LogP contribution is -2.61. The van der Waals surface area contributed by atoms with Gasteiger partial charge in [-0.1, -0.05) is 45.3 Å². The first kappa shape index (κ1) is 32.2. The average molecular weight is 588 g/mol. The molecule has 3 amide bonds. The smallest absolute Gasteiger partial charge is 0.312 e. The third-order valence-corrected chi connectivity index (χ3v) is 9.66. The van der Waals surface area contributed by atoms with Gasteiger partial charge in [0.15, 0.2) is 0 Å². The molecule has 0 aromatic rings. The number of esters is 1. The van der Waals surface area contributed by atoms with Gasteiger partial charge in [-0.15, -0.1) is 13.2 Å². The normalized spacial score (nSPS) is 30.1. The Bertz CT molecular complexity index is 1040. The summed E-state index contributed by atoms with van der Waals surface area (Å²) in [4.78, 5) is 58.0. The number of fused-ring (bicyclic) bond motifs is 1. The van der Waals surface area contributed by atoms with Crippen LogP contribution in [0.3, 0.4) is 0 Å². The van der Waals surface area contributed by atoms with Crippen molar-refractivity contribution in [3.8, 4) is 0 Å². The fourth-order valence-corrected chi connectivity index (χ4v) is 7.62. The zero-order valence-electron chi connectivity index (χ0n) is 25.5. The molecule has 7 atom stereocenters. The summed E-state index contributed by atoms with van der Waals surface area (Å²) in [6.07, 6.45) is 9.11. The first-order chi connectivity index (χ1) is 20.1. The third kappa shape index (κ3) is 6.02. The van der Waals surface area contributed by atoms with Gasteiger partial charge in [-0.25, -0.2) is 0 Å². The summed E-state index contributed by atoms with van der Waals surface area (Å²) in [6.45, 7) is 13.2. The van der Waals surface area contributed by atoms with Crippen LogP contribution in [-0.4, -0.2) is 94.2 Å². The third-order valence-electron chi connectivity index (χ3n) is 9.66. The minimum atomic E-state index is -1.17. The second kappa shape index (κ2) is 13.7. The van der Waals surface area contributed by atoms with Gasteiger partial charge in [-0.2, -0.15) is 0 Å². The lowest BCUT2D eigenvalue weighted by atomic mass is 9.70. The molecule has 0 radical (unpaired) electrons. The summed E-state index contributed by atoms with van der Waals surface area (Å²) in [6, 6.07) is -1.50. The van der Waals surface area contributed by atoms with Crippen molar-refractivity contribution in [2.24, 2.45) is 17.8 Å². The number of rotatable bonds is 14. The summed E-state index contributed by atoms with van der Waals surface area (Å²) in [7, 11) is 0. The minimum absolute atomic E-state index is 0.0465. The van der Waals surface area contributed by atoms with E-state index in [1.165, 1.54) is 0 Å². The number of likely N-dealkylation sites (tertiary alicyclic amines) is 1. The maximum absolute atomic E-state index is 14.6. The van der Waals surface area contributed by atoms with Crippen LogP contribution in [-0.2, 0) is 28.7 Å². The summed E-state index contributed by atoms with van der Waals surface area (Å²) in [5.74, 6) is -3.11. The van der Waals surface area contributed by atoms with E-state index in [1.807, 2.05) is 18.7 Å². The molecular weight excluding hydrogens is 538 g/mol. The van der Waals surface area contributed by atoms with Gasteiger partial charge in [0.25, 0.3) is 0 Å². The number of hydrogen-bond donors (Lipinski definition) is 2. The zero-order valence-corrected chi connectivity index (χ0v) is 25.5. The van der Waals surface area contributed by atoms with Gasteiger partial charge in [0.2, 0.25) is 17.7 Å². The van der Waals surface area contributed by atoms with Crippen LogP contribution in [0.15, 0.2) is 25.3 Å². The standard InChI is InChI=1S/C32H49N3O7/c1-6-8-14-25(37)33-18-21(5)41-31(40)26-24-15-16-32(42-24)27(26)29(38)35(23(19-36)20(3)4)28(32)30(39)34(17-7-2)22-12-10-9-11-13-22/h6-7,20-24,26-28,36H,1-2,8-19H2,3-5H3,(H,33,37)/t21-,23+,24-,26+,27+,28-,32+/m1/s1. The number of nitrogens with one attached hydrogen (secondary N) is 1. The topological polar surface area (TPSA) is 125 Å². The van der Waals surface area contributed by atoms with E-state index < -0.39 is 47.7 Å². The molecule has 0 aromatic carbocycles. The molecule has 0 aromatic heterocycles. The Morgan fingerprint density at radius 3 is 2.50 bits per heavy atom. The Balaban J connectivity index is 1.62. The van der Waals surface area contributed by atoms with Gasteiger partial charge in [-0.05, 0) is 44.9 Å². The van der Waals surface area contributed by atoms with Crippen molar-refractivity contribution in [3.63, 3.8) is 0 Å². The molecule has 0 unspecified atom stereocenters. The molecule has 3 aliphatic heterocycles. The molecule has 1 aliphatic carbocycles. The molecule has 3 heterocycles. The van der Waals surface area contributed by atoms with Crippen molar-refractivity contribution in [2.75, 3.05) is 19.7 Å². The molecule has 4 aliphatic rings. The van der Waals surface area contributed by atoms with E-state index in [9.17, 15) is 24.3 Å². The highest BCUT2D eigenvalue weighted by Crippen LogP contribution is 2.59. The van der Waals surface area contributed by atoms with Crippen molar-refractivity contribution in [1.82, 2.24) is 15.1 Å². The Hall–Kier alpha value is -2.72. The number of amides is 3. The molecule has 1 saturated carbocycles. The lowest BCUT2D eigenvalue weighted by molar-refractivity contribution is -0.160.